The summed E-state index contributed by atoms with van der Waals surface area (Å²) in [6.07, 6.45) is 3.34. The van der Waals surface area contributed by atoms with E-state index < -0.39 is 0 Å². The third-order valence-corrected chi connectivity index (χ3v) is 1.32. The number of aromatic nitrogens is 2. The molecule has 0 amide bonds. The minimum atomic E-state index is 0.169. The van der Waals surface area contributed by atoms with Crippen molar-refractivity contribution in [1.82, 2.24) is 9.97 Å². The molecule has 0 aromatic carbocycles. The first-order valence-electron chi connectivity index (χ1n) is 2.93. The maximum atomic E-state index is 8.66. The van der Waals surface area contributed by atoms with Crippen LogP contribution >= 0.6 is 0 Å². The molecule has 0 spiro atoms. The van der Waals surface area contributed by atoms with E-state index in [2.05, 4.69) is 9.97 Å². The van der Waals surface area contributed by atoms with Gasteiger partial charge in [-0.25, -0.2) is 4.98 Å². The number of aliphatic hydroxyl groups is 1. The Hall–Kier alpha value is -0.830. The Morgan fingerprint density at radius 2 is 2.67 bits per heavy atom. The standard InChI is InChI=1S/C6H10N2O/c1-5(3-9)6-2-7-4-8-6/h2,4-5,9H,3H2,1H3,(H,7,8)/t5-/m0/s1. The van der Waals surface area contributed by atoms with Gasteiger partial charge < -0.3 is 10.1 Å². The zero-order valence-electron chi connectivity index (χ0n) is 5.33. The highest BCUT2D eigenvalue weighted by Gasteiger charge is 2.02. The second-order valence-electron chi connectivity index (χ2n) is 2.09. The molecular formula is C6H10N2O. The highest BCUT2D eigenvalue weighted by atomic mass is 16.3. The lowest BCUT2D eigenvalue weighted by Gasteiger charge is -2.01. The van der Waals surface area contributed by atoms with Crippen molar-refractivity contribution < 1.29 is 5.11 Å². The van der Waals surface area contributed by atoms with Crippen LogP contribution in [-0.2, 0) is 0 Å². The molecular weight excluding hydrogens is 116 g/mol. The molecule has 1 aromatic rings. The highest BCUT2D eigenvalue weighted by molar-refractivity contribution is 5.00. The second-order valence-corrected chi connectivity index (χ2v) is 2.09. The number of hydrogen-bond donors (Lipinski definition) is 2. The monoisotopic (exact) mass is 126 g/mol. The number of rotatable bonds is 2. The van der Waals surface area contributed by atoms with Crippen molar-refractivity contribution in [2.45, 2.75) is 12.8 Å². The van der Waals surface area contributed by atoms with E-state index in [0.29, 0.717) is 0 Å². The molecule has 0 saturated carbocycles. The summed E-state index contributed by atoms with van der Waals surface area (Å²) in [6, 6.07) is 0. The second kappa shape index (κ2) is 2.64. The van der Waals surface area contributed by atoms with E-state index in [1.54, 1.807) is 12.5 Å². The summed E-state index contributed by atoms with van der Waals surface area (Å²) < 4.78 is 0. The van der Waals surface area contributed by atoms with Crippen LogP contribution in [0.1, 0.15) is 18.5 Å². The van der Waals surface area contributed by atoms with Crippen LogP contribution in [0, 0.1) is 0 Å². The number of H-pyrrole nitrogens is 1. The normalized spacial score (nSPS) is 13.6. The van der Waals surface area contributed by atoms with Crippen LogP contribution in [0.4, 0.5) is 0 Å². The van der Waals surface area contributed by atoms with Crippen LogP contribution in [0.5, 0.6) is 0 Å². The number of aromatic amines is 1. The lowest BCUT2D eigenvalue weighted by atomic mass is 10.1. The Labute approximate surface area is 53.7 Å². The van der Waals surface area contributed by atoms with Crippen LogP contribution < -0.4 is 0 Å². The van der Waals surface area contributed by atoms with Crippen molar-refractivity contribution in [2.75, 3.05) is 6.61 Å². The molecule has 0 aliphatic carbocycles. The minimum Gasteiger partial charge on any atom is -0.396 e. The average Bonchev–Trinajstić information content (AvgIpc) is 2.37. The summed E-state index contributed by atoms with van der Waals surface area (Å²) in [6.45, 7) is 2.11. The molecule has 0 saturated heterocycles. The first-order valence-corrected chi connectivity index (χ1v) is 2.93. The molecule has 1 atom stereocenters. The summed E-state index contributed by atoms with van der Waals surface area (Å²) >= 11 is 0. The van der Waals surface area contributed by atoms with Gasteiger partial charge in [-0.2, -0.15) is 0 Å². The fraction of sp³-hybridized carbons (Fsp3) is 0.500. The predicted molar refractivity (Wildman–Crippen MR) is 34.1 cm³/mol. The van der Waals surface area contributed by atoms with Gasteiger partial charge in [-0.05, 0) is 0 Å². The molecule has 0 bridgehead atoms. The van der Waals surface area contributed by atoms with Gasteiger partial charge in [0.15, 0.2) is 0 Å². The fourth-order valence-corrected chi connectivity index (χ4v) is 0.634. The van der Waals surface area contributed by atoms with E-state index in [1.807, 2.05) is 6.92 Å². The van der Waals surface area contributed by atoms with Crippen LogP contribution in [0.3, 0.4) is 0 Å². The van der Waals surface area contributed by atoms with Crippen molar-refractivity contribution in [3.63, 3.8) is 0 Å². The lowest BCUT2D eigenvalue weighted by molar-refractivity contribution is 0.271. The molecule has 50 valence electrons. The Morgan fingerprint density at radius 1 is 1.89 bits per heavy atom. The maximum Gasteiger partial charge on any atom is 0.0921 e. The van der Waals surface area contributed by atoms with Gasteiger partial charge in [0, 0.05) is 17.8 Å². The van der Waals surface area contributed by atoms with Gasteiger partial charge in [-0.1, -0.05) is 6.92 Å². The fourth-order valence-electron chi connectivity index (χ4n) is 0.634. The van der Waals surface area contributed by atoms with Crippen molar-refractivity contribution in [1.29, 1.82) is 0 Å². The van der Waals surface area contributed by atoms with Gasteiger partial charge in [0.05, 0.1) is 12.9 Å². The SMILES string of the molecule is C[C@@H](CO)c1cnc[nH]1. The van der Waals surface area contributed by atoms with E-state index in [-0.39, 0.29) is 12.5 Å². The molecule has 0 radical (unpaired) electrons. The number of hydrogen-bond acceptors (Lipinski definition) is 2. The molecule has 0 fully saturated rings. The molecule has 1 aromatic heterocycles. The van der Waals surface area contributed by atoms with E-state index in [9.17, 15) is 0 Å². The molecule has 3 nitrogen and oxygen atoms in total. The van der Waals surface area contributed by atoms with Crippen LogP contribution in [-0.4, -0.2) is 21.7 Å². The molecule has 3 heteroatoms. The van der Waals surface area contributed by atoms with Gasteiger partial charge in [-0.15, -0.1) is 0 Å². The Morgan fingerprint density at radius 3 is 3.11 bits per heavy atom. The quantitative estimate of drug-likeness (QED) is 0.606. The number of imidazole rings is 1. The topological polar surface area (TPSA) is 48.9 Å². The zero-order valence-corrected chi connectivity index (χ0v) is 5.33. The van der Waals surface area contributed by atoms with Gasteiger partial charge >= 0.3 is 0 Å². The Balaban J connectivity index is 2.65. The van der Waals surface area contributed by atoms with Gasteiger partial charge in [0.1, 0.15) is 0 Å². The van der Waals surface area contributed by atoms with Crippen molar-refractivity contribution in [3.05, 3.63) is 18.2 Å². The highest BCUT2D eigenvalue weighted by Crippen LogP contribution is 2.08. The first kappa shape index (κ1) is 6.29. The number of nitrogens with one attached hydrogen (secondary N) is 1. The largest absolute Gasteiger partial charge is 0.396 e. The van der Waals surface area contributed by atoms with Crippen LogP contribution in [0.25, 0.3) is 0 Å². The van der Waals surface area contributed by atoms with Gasteiger partial charge in [-0.3, -0.25) is 0 Å². The summed E-state index contributed by atoms with van der Waals surface area (Å²) in [4.78, 5) is 6.74. The third kappa shape index (κ3) is 1.29. The van der Waals surface area contributed by atoms with Crippen molar-refractivity contribution in [3.8, 4) is 0 Å². The average molecular weight is 126 g/mol. The molecule has 1 heterocycles. The minimum absolute atomic E-state index is 0.169. The van der Waals surface area contributed by atoms with E-state index in [0.717, 1.165) is 5.69 Å². The van der Waals surface area contributed by atoms with E-state index >= 15 is 0 Å². The predicted octanol–water partition coefficient (Wildman–Crippen LogP) is 0.505. The molecule has 2 N–H and O–H groups in total. The van der Waals surface area contributed by atoms with Crippen molar-refractivity contribution in [2.24, 2.45) is 0 Å². The van der Waals surface area contributed by atoms with E-state index in [1.165, 1.54) is 0 Å². The Bertz CT molecular complexity index is 160. The van der Waals surface area contributed by atoms with Gasteiger partial charge in [0.25, 0.3) is 0 Å². The van der Waals surface area contributed by atoms with Crippen molar-refractivity contribution >= 4 is 0 Å². The summed E-state index contributed by atoms with van der Waals surface area (Å²) in [5, 5.41) is 8.66. The summed E-state index contributed by atoms with van der Waals surface area (Å²) in [7, 11) is 0. The molecule has 0 aliphatic heterocycles. The molecule has 9 heavy (non-hydrogen) atoms. The van der Waals surface area contributed by atoms with E-state index in [4.69, 9.17) is 5.11 Å². The molecule has 0 unspecified atom stereocenters. The zero-order chi connectivity index (χ0) is 6.69. The molecule has 1 rings (SSSR count). The summed E-state index contributed by atoms with van der Waals surface area (Å²) in [5.74, 6) is 0.174. The van der Waals surface area contributed by atoms with Gasteiger partial charge in [0.2, 0.25) is 0 Å². The third-order valence-electron chi connectivity index (χ3n) is 1.32. The first-order chi connectivity index (χ1) is 4.34. The number of nitrogens with zero attached hydrogens (tertiary/aromatic N) is 1. The smallest absolute Gasteiger partial charge is 0.0921 e. The number of aliphatic hydroxyl groups excluding tert-OH is 1. The maximum absolute atomic E-state index is 8.66. The van der Waals surface area contributed by atoms with Crippen LogP contribution in [0.15, 0.2) is 12.5 Å². The Kier molecular flexibility index (Phi) is 1.85. The summed E-state index contributed by atoms with van der Waals surface area (Å²) in [5.41, 5.74) is 0.984. The van der Waals surface area contributed by atoms with Crippen LogP contribution in [0.2, 0.25) is 0 Å². The lowest BCUT2D eigenvalue weighted by Crippen LogP contribution is -1.98. The molecule has 0 aliphatic rings.